The second-order valence-corrected chi connectivity index (χ2v) is 7.68. The zero-order chi connectivity index (χ0) is 21.3. The molecule has 0 radical (unpaired) electrons. The van der Waals surface area contributed by atoms with Crippen molar-refractivity contribution >= 4 is 16.7 Å². The molecule has 0 aliphatic carbocycles. The molecule has 1 aliphatic rings. The summed E-state index contributed by atoms with van der Waals surface area (Å²) in [6.45, 7) is 8.71. The lowest BCUT2D eigenvalue weighted by Gasteiger charge is -2.27. The average Bonchev–Trinajstić information content (AvgIpc) is 2.82. The van der Waals surface area contributed by atoms with Crippen LogP contribution in [0.5, 0.6) is 0 Å². The summed E-state index contributed by atoms with van der Waals surface area (Å²) in [4.78, 5) is 11.9. The van der Waals surface area contributed by atoms with Gasteiger partial charge in [-0.1, -0.05) is 48.5 Å². The van der Waals surface area contributed by atoms with Gasteiger partial charge < -0.3 is 15.4 Å². The SMILES string of the molecule is CCNC(=NCc1ccccc1CN1CCOCC1)NCc1nccc2ccccc12. The van der Waals surface area contributed by atoms with E-state index < -0.39 is 0 Å². The van der Waals surface area contributed by atoms with E-state index in [0.717, 1.165) is 51.0 Å². The van der Waals surface area contributed by atoms with E-state index in [1.165, 1.54) is 21.9 Å². The van der Waals surface area contributed by atoms with Crippen LogP contribution >= 0.6 is 0 Å². The molecule has 6 heteroatoms. The minimum atomic E-state index is 0.628. The van der Waals surface area contributed by atoms with Gasteiger partial charge in [0.15, 0.2) is 5.96 Å². The van der Waals surface area contributed by atoms with E-state index in [0.29, 0.717) is 13.1 Å². The molecule has 1 saturated heterocycles. The van der Waals surface area contributed by atoms with Gasteiger partial charge in [0, 0.05) is 37.8 Å². The molecule has 0 saturated carbocycles. The summed E-state index contributed by atoms with van der Waals surface area (Å²) >= 11 is 0. The fourth-order valence-electron chi connectivity index (χ4n) is 3.86. The van der Waals surface area contributed by atoms with Crippen LogP contribution in [0.2, 0.25) is 0 Å². The Bertz CT molecular complexity index is 1010. The van der Waals surface area contributed by atoms with E-state index >= 15 is 0 Å². The van der Waals surface area contributed by atoms with Gasteiger partial charge in [0.25, 0.3) is 0 Å². The number of fused-ring (bicyclic) bond motifs is 1. The first-order chi connectivity index (χ1) is 15.3. The van der Waals surface area contributed by atoms with Gasteiger partial charge in [0.2, 0.25) is 0 Å². The lowest BCUT2D eigenvalue weighted by Crippen LogP contribution is -2.37. The Kier molecular flexibility index (Phi) is 7.47. The first-order valence-corrected chi connectivity index (χ1v) is 11.0. The van der Waals surface area contributed by atoms with E-state index in [1.54, 1.807) is 0 Å². The molecule has 162 valence electrons. The molecule has 1 fully saturated rings. The Morgan fingerprint density at radius 1 is 1.00 bits per heavy atom. The van der Waals surface area contributed by atoms with Crippen molar-refractivity contribution in [3.8, 4) is 0 Å². The summed E-state index contributed by atoms with van der Waals surface area (Å²) in [6, 6.07) is 19.0. The highest BCUT2D eigenvalue weighted by molar-refractivity contribution is 5.85. The second-order valence-electron chi connectivity index (χ2n) is 7.68. The van der Waals surface area contributed by atoms with Crippen LogP contribution in [0, 0.1) is 0 Å². The Morgan fingerprint density at radius 2 is 1.77 bits per heavy atom. The quantitative estimate of drug-likeness (QED) is 0.456. The van der Waals surface area contributed by atoms with Gasteiger partial charge in [0.05, 0.1) is 32.0 Å². The number of morpholine rings is 1. The monoisotopic (exact) mass is 417 g/mol. The maximum Gasteiger partial charge on any atom is 0.191 e. The summed E-state index contributed by atoms with van der Waals surface area (Å²) in [5, 5.41) is 9.18. The highest BCUT2D eigenvalue weighted by Crippen LogP contribution is 2.16. The zero-order valence-corrected chi connectivity index (χ0v) is 18.2. The predicted octanol–water partition coefficient (Wildman–Crippen LogP) is 3.32. The van der Waals surface area contributed by atoms with Crippen LogP contribution in [0.15, 0.2) is 65.8 Å². The maximum absolute atomic E-state index is 5.48. The third-order valence-corrected chi connectivity index (χ3v) is 5.55. The Balaban J connectivity index is 1.44. The van der Waals surface area contributed by atoms with E-state index in [2.05, 4.69) is 76.0 Å². The highest BCUT2D eigenvalue weighted by Gasteiger charge is 2.12. The smallest absolute Gasteiger partial charge is 0.191 e. The minimum Gasteiger partial charge on any atom is -0.379 e. The molecule has 31 heavy (non-hydrogen) atoms. The van der Waals surface area contributed by atoms with Crippen LogP contribution in [-0.2, 0) is 24.4 Å². The summed E-state index contributed by atoms with van der Waals surface area (Å²) in [5.74, 6) is 0.804. The number of pyridine rings is 1. The van der Waals surface area contributed by atoms with Crippen LogP contribution in [0.1, 0.15) is 23.7 Å². The Labute approximate surface area is 184 Å². The van der Waals surface area contributed by atoms with Gasteiger partial charge in [0.1, 0.15) is 0 Å². The summed E-state index contributed by atoms with van der Waals surface area (Å²) in [7, 11) is 0. The average molecular weight is 418 g/mol. The number of aliphatic imine (C=N–C) groups is 1. The van der Waals surface area contributed by atoms with Gasteiger partial charge in [-0.25, -0.2) is 4.99 Å². The van der Waals surface area contributed by atoms with Gasteiger partial charge in [-0.2, -0.15) is 0 Å². The van der Waals surface area contributed by atoms with E-state index in [1.807, 2.05) is 12.3 Å². The number of nitrogens with zero attached hydrogens (tertiary/aromatic N) is 3. The van der Waals surface area contributed by atoms with Crippen LogP contribution in [0.3, 0.4) is 0 Å². The van der Waals surface area contributed by atoms with Crippen molar-refractivity contribution in [2.24, 2.45) is 4.99 Å². The lowest BCUT2D eigenvalue weighted by atomic mass is 10.1. The maximum atomic E-state index is 5.48. The Morgan fingerprint density at radius 3 is 2.61 bits per heavy atom. The fraction of sp³-hybridized carbons (Fsp3) is 0.360. The number of guanidine groups is 1. The van der Waals surface area contributed by atoms with Crippen LogP contribution < -0.4 is 10.6 Å². The summed E-state index contributed by atoms with van der Waals surface area (Å²) < 4.78 is 5.48. The molecule has 0 spiro atoms. The van der Waals surface area contributed by atoms with Crippen molar-refractivity contribution in [3.05, 3.63) is 77.6 Å². The lowest BCUT2D eigenvalue weighted by molar-refractivity contribution is 0.0341. The molecule has 2 N–H and O–H groups in total. The molecule has 1 aromatic heterocycles. The van der Waals surface area contributed by atoms with Gasteiger partial charge >= 0.3 is 0 Å². The highest BCUT2D eigenvalue weighted by atomic mass is 16.5. The van der Waals surface area contributed by atoms with Gasteiger partial charge in [-0.15, -0.1) is 0 Å². The largest absolute Gasteiger partial charge is 0.379 e. The molecular weight excluding hydrogens is 386 g/mol. The number of hydrogen-bond acceptors (Lipinski definition) is 4. The van der Waals surface area contributed by atoms with Crippen molar-refractivity contribution in [1.82, 2.24) is 20.5 Å². The van der Waals surface area contributed by atoms with Crippen LogP contribution in [-0.4, -0.2) is 48.7 Å². The van der Waals surface area contributed by atoms with E-state index in [9.17, 15) is 0 Å². The normalized spacial score (nSPS) is 15.2. The number of hydrogen-bond donors (Lipinski definition) is 2. The molecular formula is C25H31N5O. The molecule has 4 rings (SSSR count). The summed E-state index contributed by atoms with van der Waals surface area (Å²) in [6.07, 6.45) is 1.87. The van der Waals surface area contributed by atoms with Crippen molar-refractivity contribution in [3.63, 3.8) is 0 Å². The topological polar surface area (TPSA) is 61.8 Å². The number of aromatic nitrogens is 1. The molecule has 0 unspecified atom stereocenters. The second kappa shape index (κ2) is 10.9. The molecule has 6 nitrogen and oxygen atoms in total. The number of benzene rings is 2. The summed E-state index contributed by atoms with van der Waals surface area (Å²) in [5.41, 5.74) is 3.62. The third kappa shape index (κ3) is 5.81. The minimum absolute atomic E-state index is 0.628. The third-order valence-electron chi connectivity index (χ3n) is 5.55. The molecule has 2 aromatic carbocycles. The first-order valence-electron chi connectivity index (χ1n) is 11.0. The zero-order valence-electron chi connectivity index (χ0n) is 18.2. The van der Waals surface area contributed by atoms with Crippen molar-refractivity contribution < 1.29 is 4.74 Å². The standard InChI is InChI=1S/C25H31N5O/c1-2-26-25(29-18-24-23-10-6-5-7-20(23)11-12-27-24)28-17-21-8-3-4-9-22(21)19-30-13-15-31-16-14-30/h3-12H,2,13-19H2,1H3,(H2,26,28,29). The molecule has 2 heterocycles. The number of rotatable bonds is 7. The number of nitrogens with one attached hydrogen (secondary N) is 2. The predicted molar refractivity (Wildman–Crippen MR) is 126 cm³/mol. The molecule has 0 atom stereocenters. The van der Waals surface area contributed by atoms with E-state index in [-0.39, 0.29) is 0 Å². The number of ether oxygens (including phenoxy) is 1. The van der Waals surface area contributed by atoms with Crippen molar-refractivity contribution in [2.45, 2.75) is 26.6 Å². The van der Waals surface area contributed by atoms with Crippen molar-refractivity contribution in [2.75, 3.05) is 32.8 Å². The first kappa shape index (κ1) is 21.3. The molecule has 3 aromatic rings. The molecule has 0 bridgehead atoms. The van der Waals surface area contributed by atoms with Gasteiger partial charge in [-0.3, -0.25) is 9.88 Å². The Hall–Kier alpha value is -2.96. The molecule has 1 aliphatic heterocycles. The van der Waals surface area contributed by atoms with Crippen LogP contribution in [0.4, 0.5) is 0 Å². The van der Waals surface area contributed by atoms with Crippen molar-refractivity contribution in [1.29, 1.82) is 0 Å². The molecule has 0 amide bonds. The van der Waals surface area contributed by atoms with Gasteiger partial charge in [-0.05, 0) is 29.5 Å². The van der Waals surface area contributed by atoms with E-state index in [4.69, 9.17) is 9.73 Å². The fourth-order valence-corrected chi connectivity index (χ4v) is 3.86. The van der Waals surface area contributed by atoms with Crippen LogP contribution in [0.25, 0.3) is 10.8 Å².